The van der Waals surface area contributed by atoms with Gasteiger partial charge in [0.25, 0.3) is 0 Å². The van der Waals surface area contributed by atoms with Crippen LogP contribution in [0.15, 0.2) is 48.5 Å². The summed E-state index contributed by atoms with van der Waals surface area (Å²) in [6.45, 7) is 5.77. The molecule has 0 saturated heterocycles. The van der Waals surface area contributed by atoms with E-state index in [9.17, 15) is 9.18 Å². The van der Waals surface area contributed by atoms with Gasteiger partial charge in [-0.25, -0.2) is 9.07 Å². The topological polar surface area (TPSA) is 64.4 Å². The predicted molar refractivity (Wildman–Crippen MR) is 109 cm³/mol. The molecule has 0 fully saturated rings. The fraction of sp³-hybridized carbons (Fsp3) is 0.304. The van der Waals surface area contributed by atoms with E-state index in [0.29, 0.717) is 5.56 Å². The average Bonchev–Trinajstić information content (AvgIpc) is 3.08. The van der Waals surface area contributed by atoms with Gasteiger partial charge >= 0.3 is 5.97 Å². The molecule has 3 aromatic rings. The number of aromatic nitrogens is 2. The summed E-state index contributed by atoms with van der Waals surface area (Å²) in [4.78, 5) is 11.0. The standard InChI is InChI=1S/C23H25FN2O3/c1-4-17-5-8-19(9-6-17)26-20(12-16(3)25-26)14-29-22-10-7-18(13-21(22)24)11-15(2)23(27)28/h5-10,12-13,15H,4,11,14H2,1-3H3,(H,27,28). The maximum atomic E-state index is 14.4. The molecule has 0 aliphatic carbocycles. The zero-order valence-electron chi connectivity index (χ0n) is 16.9. The molecule has 1 atom stereocenters. The van der Waals surface area contributed by atoms with Crippen molar-refractivity contribution in [3.05, 3.63) is 76.9 Å². The van der Waals surface area contributed by atoms with Crippen LogP contribution in [0.2, 0.25) is 0 Å². The van der Waals surface area contributed by atoms with Crippen molar-refractivity contribution in [2.45, 2.75) is 40.2 Å². The smallest absolute Gasteiger partial charge is 0.306 e. The zero-order valence-corrected chi connectivity index (χ0v) is 16.9. The molecule has 0 amide bonds. The van der Waals surface area contributed by atoms with Crippen molar-refractivity contribution < 1.29 is 19.0 Å². The molecule has 0 aliphatic heterocycles. The van der Waals surface area contributed by atoms with E-state index in [1.54, 1.807) is 23.7 Å². The molecular weight excluding hydrogens is 371 g/mol. The van der Waals surface area contributed by atoms with Gasteiger partial charge in [-0.1, -0.05) is 32.0 Å². The van der Waals surface area contributed by atoms with E-state index in [2.05, 4.69) is 24.2 Å². The van der Waals surface area contributed by atoms with Crippen molar-refractivity contribution in [1.29, 1.82) is 0 Å². The molecule has 0 saturated carbocycles. The van der Waals surface area contributed by atoms with Gasteiger partial charge in [0.05, 0.1) is 23.0 Å². The molecule has 1 unspecified atom stereocenters. The van der Waals surface area contributed by atoms with Crippen LogP contribution in [0, 0.1) is 18.7 Å². The molecule has 3 rings (SSSR count). The molecule has 1 N–H and O–H groups in total. The molecule has 0 spiro atoms. The Balaban J connectivity index is 1.74. The highest BCUT2D eigenvalue weighted by molar-refractivity contribution is 5.69. The molecule has 5 nitrogen and oxygen atoms in total. The largest absolute Gasteiger partial charge is 0.484 e. The van der Waals surface area contributed by atoms with Crippen molar-refractivity contribution >= 4 is 5.97 Å². The lowest BCUT2D eigenvalue weighted by molar-refractivity contribution is -0.141. The van der Waals surface area contributed by atoms with Crippen LogP contribution >= 0.6 is 0 Å². The van der Waals surface area contributed by atoms with Crippen LogP contribution in [0.5, 0.6) is 5.75 Å². The fourth-order valence-electron chi connectivity index (χ4n) is 3.13. The minimum absolute atomic E-state index is 0.128. The van der Waals surface area contributed by atoms with Gasteiger partial charge in [-0.2, -0.15) is 5.10 Å². The Kier molecular flexibility index (Phi) is 6.32. The van der Waals surface area contributed by atoms with Crippen LogP contribution in [-0.4, -0.2) is 20.9 Å². The number of carboxylic acids is 1. The molecule has 0 radical (unpaired) electrons. The van der Waals surface area contributed by atoms with Gasteiger partial charge < -0.3 is 9.84 Å². The number of aliphatic carboxylic acids is 1. The van der Waals surface area contributed by atoms with Gasteiger partial charge in [0, 0.05) is 0 Å². The van der Waals surface area contributed by atoms with Gasteiger partial charge in [0.15, 0.2) is 11.6 Å². The first-order chi connectivity index (χ1) is 13.9. The quantitative estimate of drug-likeness (QED) is 0.598. The third kappa shape index (κ3) is 5.02. The molecule has 1 aromatic heterocycles. The van der Waals surface area contributed by atoms with Crippen molar-refractivity contribution in [2.24, 2.45) is 5.92 Å². The fourth-order valence-corrected chi connectivity index (χ4v) is 3.13. The number of aryl methyl sites for hydroxylation is 2. The van der Waals surface area contributed by atoms with Gasteiger partial charge in [0.1, 0.15) is 6.61 Å². The lowest BCUT2D eigenvalue weighted by Crippen LogP contribution is -2.12. The second kappa shape index (κ2) is 8.90. The Morgan fingerprint density at radius 2 is 1.86 bits per heavy atom. The Morgan fingerprint density at radius 3 is 2.48 bits per heavy atom. The molecular formula is C23H25FN2O3. The number of hydrogen-bond acceptors (Lipinski definition) is 3. The third-order valence-electron chi connectivity index (χ3n) is 4.83. The first-order valence-corrected chi connectivity index (χ1v) is 9.66. The van der Waals surface area contributed by atoms with Crippen LogP contribution in [0.4, 0.5) is 4.39 Å². The first kappa shape index (κ1) is 20.6. The van der Waals surface area contributed by atoms with E-state index in [-0.39, 0.29) is 18.8 Å². The van der Waals surface area contributed by atoms with Crippen LogP contribution < -0.4 is 4.74 Å². The lowest BCUT2D eigenvalue weighted by Gasteiger charge is -2.12. The van der Waals surface area contributed by atoms with E-state index in [1.165, 1.54) is 11.6 Å². The van der Waals surface area contributed by atoms with E-state index in [4.69, 9.17) is 9.84 Å². The highest BCUT2D eigenvalue weighted by Crippen LogP contribution is 2.22. The first-order valence-electron chi connectivity index (χ1n) is 9.66. The summed E-state index contributed by atoms with van der Waals surface area (Å²) in [6, 6.07) is 14.6. The Labute approximate surface area is 169 Å². The Morgan fingerprint density at radius 1 is 1.17 bits per heavy atom. The van der Waals surface area contributed by atoms with Crippen molar-refractivity contribution in [3.63, 3.8) is 0 Å². The van der Waals surface area contributed by atoms with E-state index in [0.717, 1.165) is 23.5 Å². The molecule has 6 heteroatoms. The number of rotatable bonds is 8. The normalized spacial score (nSPS) is 12.0. The second-order valence-electron chi connectivity index (χ2n) is 7.21. The summed E-state index contributed by atoms with van der Waals surface area (Å²) in [6.07, 6.45) is 1.24. The van der Waals surface area contributed by atoms with Gasteiger partial charge in [-0.15, -0.1) is 0 Å². The third-order valence-corrected chi connectivity index (χ3v) is 4.83. The summed E-state index contributed by atoms with van der Waals surface area (Å²) in [7, 11) is 0. The highest BCUT2D eigenvalue weighted by Gasteiger charge is 2.14. The monoisotopic (exact) mass is 396 g/mol. The molecule has 152 valence electrons. The summed E-state index contributed by atoms with van der Waals surface area (Å²) >= 11 is 0. The number of halogens is 1. The zero-order chi connectivity index (χ0) is 21.0. The van der Waals surface area contributed by atoms with Gasteiger partial charge in [-0.05, 0) is 61.2 Å². The van der Waals surface area contributed by atoms with E-state index >= 15 is 0 Å². The summed E-state index contributed by atoms with van der Waals surface area (Å²) in [5, 5.41) is 13.5. The van der Waals surface area contributed by atoms with E-state index in [1.807, 2.05) is 25.1 Å². The van der Waals surface area contributed by atoms with Crippen molar-refractivity contribution in [1.82, 2.24) is 9.78 Å². The SMILES string of the molecule is CCc1ccc(-n2nc(C)cc2COc2ccc(CC(C)C(=O)O)cc2F)cc1. The van der Waals surface area contributed by atoms with Crippen molar-refractivity contribution in [3.8, 4) is 11.4 Å². The Bertz CT molecular complexity index is 996. The molecule has 29 heavy (non-hydrogen) atoms. The number of nitrogens with zero attached hydrogens (tertiary/aromatic N) is 2. The molecule has 0 aliphatic rings. The van der Waals surface area contributed by atoms with Crippen LogP contribution in [-0.2, 0) is 24.2 Å². The minimum Gasteiger partial charge on any atom is -0.484 e. The summed E-state index contributed by atoms with van der Waals surface area (Å²) in [5.41, 5.74) is 4.46. The molecule has 2 aromatic carbocycles. The number of hydrogen-bond donors (Lipinski definition) is 1. The second-order valence-corrected chi connectivity index (χ2v) is 7.21. The lowest BCUT2D eigenvalue weighted by atomic mass is 10.0. The number of ether oxygens (including phenoxy) is 1. The number of carbonyl (C=O) groups is 1. The van der Waals surface area contributed by atoms with Gasteiger partial charge in [-0.3, -0.25) is 4.79 Å². The van der Waals surface area contributed by atoms with Crippen LogP contribution in [0.25, 0.3) is 5.69 Å². The average molecular weight is 396 g/mol. The molecule has 1 heterocycles. The van der Waals surface area contributed by atoms with Crippen molar-refractivity contribution in [2.75, 3.05) is 0 Å². The minimum atomic E-state index is -0.902. The summed E-state index contributed by atoms with van der Waals surface area (Å²) < 4.78 is 21.9. The Hall–Kier alpha value is -3.15. The number of carboxylic acid groups (broad SMARTS) is 1. The summed E-state index contributed by atoms with van der Waals surface area (Å²) in [5.74, 6) is -1.85. The maximum absolute atomic E-state index is 14.4. The molecule has 0 bridgehead atoms. The maximum Gasteiger partial charge on any atom is 0.306 e. The highest BCUT2D eigenvalue weighted by atomic mass is 19.1. The predicted octanol–water partition coefficient (Wildman–Crippen LogP) is 4.72. The van der Waals surface area contributed by atoms with Gasteiger partial charge in [0.2, 0.25) is 0 Å². The van der Waals surface area contributed by atoms with E-state index < -0.39 is 17.7 Å². The number of benzene rings is 2. The van der Waals surface area contributed by atoms with Crippen LogP contribution in [0.3, 0.4) is 0 Å². The van der Waals surface area contributed by atoms with Crippen LogP contribution in [0.1, 0.15) is 36.4 Å².